The summed E-state index contributed by atoms with van der Waals surface area (Å²) >= 11 is 0. The molecule has 90 valence electrons. The molecule has 0 rings (SSSR count). The van der Waals surface area contributed by atoms with Gasteiger partial charge in [0.25, 0.3) is 0 Å². The summed E-state index contributed by atoms with van der Waals surface area (Å²) < 4.78 is 5.42. The molecule has 0 bridgehead atoms. The van der Waals surface area contributed by atoms with E-state index in [9.17, 15) is 9.90 Å². The monoisotopic (exact) mass is 220 g/mol. The number of carbonyl (C=O) groups is 1. The standard InChI is InChI=1S/C10H22NO4/c1-8(7-12)15-10(14)5-9(13)6-11(2,3)4/h8-9,12-13H,5-7H2,1-4H3/q+1. The maximum absolute atomic E-state index is 11.2. The first-order valence-electron chi connectivity index (χ1n) is 5.03. The zero-order chi connectivity index (χ0) is 12.1. The molecule has 2 N–H and O–H groups in total. The fourth-order valence-electron chi connectivity index (χ4n) is 1.20. The average Bonchev–Trinajstić information content (AvgIpc) is 1.99. The summed E-state index contributed by atoms with van der Waals surface area (Å²) in [6, 6.07) is 0. The smallest absolute Gasteiger partial charge is 0.309 e. The molecule has 0 aromatic carbocycles. The van der Waals surface area contributed by atoms with Crippen molar-refractivity contribution in [3.63, 3.8) is 0 Å². The minimum absolute atomic E-state index is 0.0279. The van der Waals surface area contributed by atoms with Crippen molar-refractivity contribution in [3.8, 4) is 0 Å². The highest BCUT2D eigenvalue weighted by Crippen LogP contribution is 2.02. The average molecular weight is 220 g/mol. The molecule has 0 aliphatic rings. The van der Waals surface area contributed by atoms with Gasteiger partial charge >= 0.3 is 5.97 Å². The van der Waals surface area contributed by atoms with Crippen molar-refractivity contribution in [2.45, 2.75) is 25.6 Å². The molecule has 0 saturated heterocycles. The Morgan fingerprint density at radius 1 is 1.40 bits per heavy atom. The predicted molar refractivity (Wildman–Crippen MR) is 56.2 cm³/mol. The molecule has 15 heavy (non-hydrogen) atoms. The Labute approximate surface area is 90.9 Å². The molecule has 0 spiro atoms. The lowest BCUT2D eigenvalue weighted by Crippen LogP contribution is -2.42. The van der Waals surface area contributed by atoms with Gasteiger partial charge in [-0.05, 0) is 6.92 Å². The van der Waals surface area contributed by atoms with Crippen LogP contribution < -0.4 is 0 Å². The van der Waals surface area contributed by atoms with Crippen molar-refractivity contribution >= 4 is 5.97 Å². The van der Waals surface area contributed by atoms with Crippen LogP contribution in [0.2, 0.25) is 0 Å². The largest absolute Gasteiger partial charge is 0.460 e. The number of hydrogen-bond acceptors (Lipinski definition) is 4. The van der Waals surface area contributed by atoms with Gasteiger partial charge in [0.15, 0.2) is 0 Å². The summed E-state index contributed by atoms with van der Waals surface area (Å²) in [5, 5.41) is 18.2. The number of ether oxygens (including phenoxy) is 1. The van der Waals surface area contributed by atoms with Crippen LogP contribution in [0.25, 0.3) is 0 Å². The van der Waals surface area contributed by atoms with Gasteiger partial charge in [-0.25, -0.2) is 0 Å². The van der Waals surface area contributed by atoms with Crippen molar-refractivity contribution in [1.82, 2.24) is 0 Å². The van der Waals surface area contributed by atoms with Gasteiger partial charge < -0.3 is 19.4 Å². The van der Waals surface area contributed by atoms with E-state index in [1.54, 1.807) is 6.92 Å². The molecule has 2 unspecified atom stereocenters. The van der Waals surface area contributed by atoms with E-state index >= 15 is 0 Å². The molecule has 0 aromatic rings. The van der Waals surface area contributed by atoms with Crippen LogP contribution >= 0.6 is 0 Å². The van der Waals surface area contributed by atoms with E-state index in [4.69, 9.17) is 9.84 Å². The quantitative estimate of drug-likeness (QED) is 0.462. The first-order chi connectivity index (χ1) is 6.74. The van der Waals surface area contributed by atoms with E-state index in [1.165, 1.54) is 0 Å². The molecule has 0 fully saturated rings. The minimum atomic E-state index is -0.705. The lowest BCUT2D eigenvalue weighted by molar-refractivity contribution is -0.873. The van der Waals surface area contributed by atoms with Crippen LogP contribution in [0.15, 0.2) is 0 Å². The van der Waals surface area contributed by atoms with Gasteiger partial charge in [0, 0.05) is 0 Å². The Morgan fingerprint density at radius 3 is 2.33 bits per heavy atom. The zero-order valence-electron chi connectivity index (χ0n) is 9.93. The summed E-state index contributed by atoms with van der Waals surface area (Å²) in [4.78, 5) is 11.2. The highest BCUT2D eigenvalue weighted by atomic mass is 16.6. The Balaban J connectivity index is 3.87. The zero-order valence-corrected chi connectivity index (χ0v) is 9.93. The van der Waals surface area contributed by atoms with Crippen LogP contribution in [-0.4, -0.2) is 67.2 Å². The van der Waals surface area contributed by atoms with E-state index in [2.05, 4.69) is 0 Å². The summed E-state index contributed by atoms with van der Waals surface area (Å²) in [5.74, 6) is -0.475. The van der Waals surface area contributed by atoms with E-state index in [-0.39, 0.29) is 13.0 Å². The fourth-order valence-corrected chi connectivity index (χ4v) is 1.20. The number of esters is 1. The number of hydrogen-bond donors (Lipinski definition) is 2. The molecular weight excluding hydrogens is 198 g/mol. The number of aliphatic hydroxyl groups is 2. The normalized spacial score (nSPS) is 15.9. The second kappa shape index (κ2) is 6.05. The molecule has 2 atom stereocenters. The van der Waals surface area contributed by atoms with Gasteiger partial charge in [-0.3, -0.25) is 4.79 Å². The Kier molecular flexibility index (Phi) is 5.79. The third-order valence-electron chi connectivity index (χ3n) is 1.75. The van der Waals surface area contributed by atoms with E-state index in [1.807, 2.05) is 21.1 Å². The summed E-state index contributed by atoms with van der Waals surface area (Å²) in [7, 11) is 5.81. The van der Waals surface area contributed by atoms with Crippen molar-refractivity contribution in [1.29, 1.82) is 0 Å². The van der Waals surface area contributed by atoms with Gasteiger partial charge in [0.2, 0.25) is 0 Å². The Morgan fingerprint density at radius 2 is 1.93 bits per heavy atom. The lowest BCUT2D eigenvalue weighted by atomic mass is 10.2. The molecule has 5 nitrogen and oxygen atoms in total. The molecular formula is C10H22NO4+. The SMILES string of the molecule is CC(CO)OC(=O)CC(O)C[N+](C)(C)C. The highest BCUT2D eigenvalue weighted by Gasteiger charge is 2.20. The second-order valence-electron chi connectivity index (χ2n) is 4.81. The van der Waals surface area contributed by atoms with Gasteiger partial charge in [0.1, 0.15) is 18.8 Å². The van der Waals surface area contributed by atoms with Crippen LogP contribution in [0.1, 0.15) is 13.3 Å². The Bertz CT molecular complexity index is 200. The van der Waals surface area contributed by atoms with Gasteiger partial charge in [-0.2, -0.15) is 0 Å². The third kappa shape index (κ3) is 8.35. The second-order valence-corrected chi connectivity index (χ2v) is 4.81. The van der Waals surface area contributed by atoms with Crippen molar-refractivity contribution in [2.75, 3.05) is 34.3 Å². The van der Waals surface area contributed by atoms with Crippen LogP contribution in [0, 0.1) is 0 Å². The van der Waals surface area contributed by atoms with Crippen molar-refractivity contribution in [2.24, 2.45) is 0 Å². The predicted octanol–water partition coefficient (Wildman–Crippen LogP) is -0.632. The maximum Gasteiger partial charge on any atom is 0.309 e. The molecule has 0 aromatic heterocycles. The number of carbonyl (C=O) groups excluding carboxylic acids is 1. The van der Waals surface area contributed by atoms with E-state index < -0.39 is 18.2 Å². The number of rotatable bonds is 6. The molecule has 0 radical (unpaired) electrons. The molecule has 0 saturated carbocycles. The summed E-state index contributed by atoms with van der Waals surface area (Å²) in [6.07, 6.45) is -1.24. The number of likely N-dealkylation sites (N-methyl/N-ethyl adjacent to an activating group) is 1. The third-order valence-corrected chi connectivity index (χ3v) is 1.75. The van der Waals surface area contributed by atoms with Crippen LogP contribution in [0.3, 0.4) is 0 Å². The van der Waals surface area contributed by atoms with Crippen LogP contribution in [0.5, 0.6) is 0 Å². The Hall–Kier alpha value is -0.650. The minimum Gasteiger partial charge on any atom is -0.460 e. The van der Waals surface area contributed by atoms with E-state index in [0.29, 0.717) is 11.0 Å². The van der Waals surface area contributed by atoms with Gasteiger partial charge in [0.05, 0.1) is 34.2 Å². The van der Waals surface area contributed by atoms with E-state index in [0.717, 1.165) is 0 Å². The van der Waals surface area contributed by atoms with Crippen molar-refractivity contribution in [3.05, 3.63) is 0 Å². The number of aliphatic hydroxyl groups excluding tert-OH is 2. The molecule has 0 aliphatic carbocycles. The summed E-state index contributed by atoms with van der Waals surface area (Å²) in [5.41, 5.74) is 0. The first kappa shape index (κ1) is 14.3. The van der Waals surface area contributed by atoms with Gasteiger partial charge in [-0.15, -0.1) is 0 Å². The van der Waals surface area contributed by atoms with Crippen molar-refractivity contribution < 1.29 is 24.2 Å². The maximum atomic E-state index is 11.2. The van der Waals surface area contributed by atoms with Crippen LogP contribution in [-0.2, 0) is 9.53 Å². The molecule has 0 aliphatic heterocycles. The molecule has 0 amide bonds. The highest BCUT2D eigenvalue weighted by molar-refractivity contribution is 5.70. The molecule has 5 heteroatoms. The summed E-state index contributed by atoms with van der Waals surface area (Å²) in [6.45, 7) is 1.89. The molecule has 0 heterocycles. The lowest BCUT2D eigenvalue weighted by Gasteiger charge is -2.26. The van der Waals surface area contributed by atoms with Gasteiger partial charge in [-0.1, -0.05) is 0 Å². The number of quaternary nitrogens is 1. The van der Waals surface area contributed by atoms with Crippen LogP contribution in [0.4, 0.5) is 0 Å². The topological polar surface area (TPSA) is 66.8 Å². The number of nitrogens with zero attached hydrogens (tertiary/aromatic N) is 1. The first-order valence-corrected chi connectivity index (χ1v) is 5.03. The fraction of sp³-hybridized carbons (Fsp3) is 0.900.